The van der Waals surface area contributed by atoms with Crippen LogP contribution < -0.4 is 16.1 Å². The molecule has 6 nitrogen and oxygen atoms in total. The van der Waals surface area contributed by atoms with E-state index in [1.54, 1.807) is 0 Å². The minimum absolute atomic E-state index is 0.352. The van der Waals surface area contributed by atoms with Crippen LogP contribution in [0.1, 0.15) is 13.8 Å². The SMILES string of the molecule is CC(C)N1CCN(c2cc(=O)[nH]c(=O)[nH]2)CC1. The number of hydrogen-bond acceptors (Lipinski definition) is 4. The van der Waals surface area contributed by atoms with Gasteiger partial charge in [0.15, 0.2) is 0 Å². The van der Waals surface area contributed by atoms with Gasteiger partial charge >= 0.3 is 5.69 Å². The highest BCUT2D eigenvalue weighted by Crippen LogP contribution is 2.11. The molecule has 0 atom stereocenters. The van der Waals surface area contributed by atoms with E-state index in [2.05, 4.69) is 28.7 Å². The summed E-state index contributed by atoms with van der Waals surface area (Å²) in [5, 5.41) is 0. The number of aromatic nitrogens is 2. The molecule has 0 aromatic carbocycles. The maximum Gasteiger partial charge on any atom is 0.327 e. The summed E-state index contributed by atoms with van der Waals surface area (Å²) >= 11 is 0. The van der Waals surface area contributed by atoms with Crippen LogP contribution in [-0.4, -0.2) is 47.1 Å². The van der Waals surface area contributed by atoms with Gasteiger partial charge in [0, 0.05) is 38.3 Å². The Bertz CT molecular complexity index is 454. The lowest BCUT2D eigenvalue weighted by Crippen LogP contribution is -2.49. The van der Waals surface area contributed by atoms with Crippen molar-refractivity contribution in [1.29, 1.82) is 0 Å². The Balaban J connectivity index is 2.10. The molecule has 94 valence electrons. The number of nitrogens with one attached hydrogen (secondary N) is 2. The first-order valence-electron chi connectivity index (χ1n) is 5.89. The van der Waals surface area contributed by atoms with Crippen molar-refractivity contribution in [3.05, 3.63) is 26.9 Å². The smallest absolute Gasteiger partial charge is 0.327 e. The van der Waals surface area contributed by atoms with Gasteiger partial charge in [-0.15, -0.1) is 0 Å². The number of H-pyrrole nitrogens is 2. The van der Waals surface area contributed by atoms with Crippen molar-refractivity contribution >= 4 is 5.82 Å². The first-order chi connectivity index (χ1) is 8.06. The van der Waals surface area contributed by atoms with E-state index in [-0.39, 0.29) is 5.56 Å². The van der Waals surface area contributed by atoms with Gasteiger partial charge in [-0.2, -0.15) is 0 Å². The van der Waals surface area contributed by atoms with Gasteiger partial charge in [0.1, 0.15) is 5.82 Å². The van der Waals surface area contributed by atoms with E-state index >= 15 is 0 Å². The summed E-state index contributed by atoms with van der Waals surface area (Å²) < 4.78 is 0. The van der Waals surface area contributed by atoms with Gasteiger partial charge in [0.05, 0.1) is 0 Å². The lowest BCUT2D eigenvalue weighted by Gasteiger charge is -2.37. The third-order valence-corrected chi connectivity index (χ3v) is 3.13. The Labute approximate surface area is 99.3 Å². The molecule has 1 aromatic rings. The van der Waals surface area contributed by atoms with E-state index in [0.717, 1.165) is 26.2 Å². The summed E-state index contributed by atoms with van der Waals surface area (Å²) in [4.78, 5) is 31.6. The van der Waals surface area contributed by atoms with E-state index < -0.39 is 5.69 Å². The number of anilines is 1. The molecule has 0 unspecified atom stereocenters. The first-order valence-corrected chi connectivity index (χ1v) is 5.89. The molecule has 2 rings (SSSR count). The molecule has 0 aliphatic carbocycles. The fourth-order valence-corrected chi connectivity index (χ4v) is 2.11. The second-order valence-electron chi connectivity index (χ2n) is 4.59. The molecule has 2 N–H and O–H groups in total. The third kappa shape index (κ3) is 2.76. The molecule has 2 heterocycles. The zero-order valence-electron chi connectivity index (χ0n) is 10.2. The molecule has 1 aromatic heterocycles. The highest BCUT2D eigenvalue weighted by Gasteiger charge is 2.19. The average Bonchev–Trinajstić information content (AvgIpc) is 2.28. The predicted molar refractivity (Wildman–Crippen MR) is 66.6 cm³/mol. The van der Waals surface area contributed by atoms with E-state index in [0.29, 0.717) is 11.9 Å². The van der Waals surface area contributed by atoms with Crippen LogP contribution >= 0.6 is 0 Å². The number of hydrogen-bond donors (Lipinski definition) is 2. The van der Waals surface area contributed by atoms with Gasteiger partial charge in [0.2, 0.25) is 0 Å². The second-order valence-corrected chi connectivity index (χ2v) is 4.59. The Kier molecular flexibility index (Phi) is 3.33. The van der Waals surface area contributed by atoms with Gasteiger partial charge in [-0.3, -0.25) is 19.7 Å². The summed E-state index contributed by atoms with van der Waals surface area (Å²) in [5.41, 5.74) is -0.797. The molecule has 17 heavy (non-hydrogen) atoms. The monoisotopic (exact) mass is 238 g/mol. The Morgan fingerprint density at radius 1 is 1.12 bits per heavy atom. The van der Waals surface area contributed by atoms with Crippen LogP contribution in [0.4, 0.5) is 5.82 Å². The lowest BCUT2D eigenvalue weighted by molar-refractivity contribution is 0.209. The highest BCUT2D eigenvalue weighted by atomic mass is 16.2. The molecule has 0 spiro atoms. The normalized spacial score (nSPS) is 17.7. The van der Waals surface area contributed by atoms with Gasteiger partial charge in [-0.05, 0) is 13.8 Å². The van der Waals surface area contributed by atoms with Crippen LogP contribution in [-0.2, 0) is 0 Å². The van der Waals surface area contributed by atoms with Crippen LogP contribution in [0.2, 0.25) is 0 Å². The summed E-state index contributed by atoms with van der Waals surface area (Å²) in [6.07, 6.45) is 0. The largest absolute Gasteiger partial charge is 0.355 e. The van der Waals surface area contributed by atoms with E-state index in [9.17, 15) is 9.59 Å². The number of aromatic amines is 2. The fourth-order valence-electron chi connectivity index (χ4n) is 2.11. The van der Waals surface area contributed by atoms with Crippen LogP contribution in [0.3, 0.4) is 0 Å². The Morgan fingerprint density at radius 3 is 2.29 bits per heavy atom. The molecule has 6 heteroatoms. The minimum Gasteiger partial charge on any atom is -0.355 e. The number of rotatable bonds is 2. The standard InChI is InChI=1S/C11H18N4O2/c1-8(2)14-3-5-15(6-4-14)9-7-10(16)13-11(17)12-9/h7-8H,3-6H2,1-2H3,(H2,12,13,16,17). The molecular formula is C11H18N4O2. The quantitative estimate of drug-likeness (QED) is 0.735. The molecule has 1 fully saturated rings. The summed E-state index contributed by atoms with van der Waals surface area (Å²) in [6.45, 7) is 7.91. The third-order valence-electron chi connectivity index (χ3n) is 3.13. The Hall–Kier alpha value is -1.56. The van der Waals surface area contributed by atoms with Gasteiger partial charge in [0.25, 0.3) is 5.56 Å². The zero-order chi connectivity index (χ0) is 12.4. The van der Waals surface area contributed by atoms with Crippen LogP contribution in [0.5, 0.6) is 0 Å². The summed E-state index contributed by atoms with van der Waals surface area (Å²) in [6, 6.07) is 1.97. The van der Waals surface area contributed by atoms with Crippen molar-refractivity contribution in [3.63, 3.8) is 0 Å². The van der Waals surface area contributed by atoms with Crippen molar-refractivity contribution in [2.75, 3.05) is 31.1 Å². The van der Waals surface area contributed by atoms with Crippen molar-refractivity contribution in [2.24, 2.45) is 0 Å². The maximum atomic E-state index is 11.2. The molecule has 1 aliphatic rings. The number of nitrogens with zero attached hydrogens (tertiary/aromatic N) is 2. The second kappa shape index (κ2) is 4.75. The highest BCUT2D eigenvalue weighted by molar-refractivity contribution is 5.37. The van der Waals surface area contributed by atoms with Crippen LogP contribution in [0.25, 0.3) is 0 Å². The van der Waals surface area contributed by atoms with Crippen molar-refractivity contribution in [1.82, 2.24) is 14.9 Å². The molecule has 0 saturated carbocycles. The predicted octanol–water partition coefficient (Wildman–Crippen LogP) is -0.406. The minimum atomic E-state index is -0.446. The first kappa shape index (κ1) is 11.9. The molecule has 0 radical (unpaired) electrons. The summed E-state index contributed by atoms with van der Waals surface area (Å²) in [7, 11) is 0. The van der Waals surface area contributed by atoms with Crippen molar-refractivity contribution in [3.8, 4) is 0 Å². The molecule has 0 amide bonds. The van der Waals surface area contributed by atoms with E-state index in [4.69, 9.17) is 0 Å². The van der Waals surface area contributed by atoms with Gasteiger partial charge in [-0.25, -0.2) is 4.79 Å². The molecule has 1 aliphatic heterocycles. The number of piperazine rings is 1. The zero-order valence-corrected chi connectivity index (χ0v) is 10.2. The van der Waals surface area contributed by atoms with Crippen LogP contribution in [0.15, 0.2) is 15.7 Å². The maximum absolute atomic E-state index is 11.2. The van der Waals surface area contributed by atoms with Gasteiger partial charge in [-0.1, -0.05) is 0 Å². The topological polar surface area (TPSA) is 72.2 Å². The Morgan fingerprint density at radius 2 is 1.76 bits per heavy atom. The molecule has 0 bridgehead atoms. The average molecular weight is 238 g/mol. The molecule has 1 saturated heterocycles. The van der Waals surface area contributed by atoms with E-state index in [1.807, 2.05) is 4.90 Å². The summed E-state index contributed by atoms with van der Waals surface area (Å²) in [5.74, 6) is 0.613. The lowest BCUT2D eigenvalue weighted by atomic mass is 10.2. The van der Waals surface area contributed by atoms with Crippen molar-refractivity contribution in [2.45, 2.75) is 19.9 Å². The van der Waals surface area contributed by atoms with Crippen molar-refractivity contribution < 1.29 is 0 Å². The van der Waals surface area contributed by atoms with Crippen LogP contribution in [0, 0.1) is 0 Å². The van der Waals surface area contributed by atoms with Gasteiger partial charge < -0.3 is 4.90 Å². The molecular weight excluding hydrogens is 220 g/mol. The van der Waals surface area contributed by atoms with E-state index in [1.165, 1.54) is 6.07 Å². The fraction of sp³-hybridized carbons (Fsp3) is 0.636.